The summed E-state index contributed by atoms with van der Waals surface area (Å²) in [6, 6.07) is 0. The Morgan fingerprint density at radius 1 is 1.33 bits per heavy atom. The van der Waals surface area contributed by atoms with Gasteiger partial charge < -0.3 is 19.7 Å². The standard InChI is InChI=1S/C22H29ClO7/c1-10-6-7-15(29-13(4)24)21(5)9-8-14(25)11(2)16(21)18(26)22(28)12(3)20(27)30-19(22)17(10)23/h8-9,11-12,15-16,18-19,26,28H,6-7H2,1-5H3. The molecule has 0 radical (unpaired) electrons. The fourth-order valence-corrected chi connectivity index (χ4v) is 5.56. The van der Waals surface area contributed by atoms with Crippen molar-refractivity contribution in [3.05, 3.63) is 22.8 Å². The maximum atomic E-state index is 12.6. The van der Waals surface area contributed by atoms with Crippen LogP contribution < -0.4 is 0 Å². The van der Waals surface area contributed by atoms with Gasteiger partial charge in [0.05, 0.1) is 17.1 Å². The topological polar surface area (TPSA) is 110 Å². The van der Waals surface area contributed by atoms with Crippen molar-refractivity contribution in [1.29, 1.82) is 0 Å². The average Bonchev–Trinajstić information content (AvgIpc) is 2.91. The van der Waals surface area contributed by atoms with Crippen LogP contribution in [0.3, 0.4) is 0 Å². The van der Waals surface area contributed by atoms with Gasteiger partial charge in [0, 0.05) is 24.2 Å². The van der Waals surface area contributed by atoms with Crippen molar-refractivity contribution in [3.8, 4) is 0 Å². The molecular formula is C22H29ClO7. The lowest BCUT2D eigenvalue weighted by atomic mass is 9.56. The fraction of sp³-hybridized carbons (Fsp3) is 0.682. The van der Waals surface area contributed by atoms with E-state index in [1.807, 2.05) is 0 Å². The fourth-order valence-electron chi connectivity index (χ4n) is 5.25. The number of aliphatic hydroxyl groups excluding tert-OH is 1. The third kappa shape index (κ3) is 3.31. The van der Waals surface area contributed by atoms with Crippen LogP contribution in [0.15, 0.2) is 22.8 Å². The number of fused-ring (bicyclic) bond motifs is 2. The summed E-state index contributed by atoms with van der Waals surface area (Å²) in [7, 11) is 0. The molecule has 0 saturated carbocycles. The minimum absolute atomic E-state index is 0.143. The van der Waals surface area contributed by atoms with Crippen LogP contribution in [0.1, 0.15) is 47.5 Å². The molecule has 166 valence electrons. The molecule has 3 aliphatic rings. The molecule has 8 atom stereocenters. The van der Waals surface area contributed by atoms with Gasteiger partial charge in [-0.25, -0.2) is 0 Å². The summed E-state index contributed by atoms with van der Waals surface area (Å²) < 4.78 is 11.0. The van der Waals surface area contributed by atoms with Crippen LogP contribution in [0, 0.1) is 23.2 Å². The molecule has 1 aliphatic heterocycles. The molecule has 0 aromatic rings. The lowest BCUT2D eigenvalue weighted by Crippen LogP contribution is -2.63. The number of hydrogen-bond donors (Lipinski definition) is 2. The molecule has 2 N–H and O–H groups in total. The number of hydrogen-bond acceptors (Lipinski definition) is 7. The normalized spacial score (nSPS) is 44.3. The third-order valence-electron chi connectivity index (χ3n) is 7.25. The van der Waals surface area contributed by atoms with E-state index in [1.54, 1.807) is 26.8 Å². The molecule has 30 heavy (non-hydrogen) atoms. The van der Waals surface area contributed by atoms with Crippen LogP contribution in [0.5, 0.6) is 0 Å². The lowest BCUT2D eigenvalue weighted by molar-refractivity contribution is -0.185. The minimum Gasteiger partial charge on any atom is -0.462 e. The molecule has 0 aromatic heterocycles. The molecule has 2 aliphatic carbocycles. The highest BCUT2D eigenvalue weighted by atomic mass is 35.5. The van der Waals surface area contributed by atoms with Crippen molar-refractivity contribution in [2.24, 2.45) is 23.2 Å². The first-order chi connectivity index (χ1) is 13.9. The molecule has 1 fully saturated rings. The SMILES string of the molecule is CC(=O)OC1CCC(C)=C(Cl)C2OC(=O)C(C)C2(O)C(O)C2C(C)C(=O)C=CC12C. The maximum absolute atomic E-state index is 12.6. The Hall–Kier alpha value is -1.70. The van der Waals surface area contributed by atoms with Crippen LogP contribution in [0.2, 0.25) is 0 Å². The van der Waals surface area contributed by atoms with Crippen LogP contribution in [0.4, 0.5) is 0 Å². The minimum atomic E-state index is -2.04. The first kappa shape index (κ1) is 23.0. The summed E-state index contributed by atoms with van der Waals surface area (Å²) in [5, 5.41) is 23.4. The predicted molar refractivity (Wildman–Crippen MR) is 108 cm³/mol. The van der Waals surface area contributed by atoms with Crippen molar-refractivity contribution >= 4 is 29.3 Å². The number of halogens is 1. The van der Waals surface area contributed by atoms with E-state index in [0.29, 0.717) is 18.4 Å². The highest BCUT2D eigenvalue weighted by molar-refractivity contribution is 6.30. The Kier molecular flexibility index (Phi) is 5.95. The van der Waals surface area contributed by atoms with Crippen molar-refractivity contribution in [3.63, 3.8) is 0 Å². The van der Waals surface area contributed by atoms with Gasteiger partial charge >= 0.3 is 11.9 Å². The Labute approximate surface area is 181 Å². The summed E-state index contributed by atoms with van der Waals surface area (Å²) in [5.74, 6) is -3.97. The van der Waals surface area contributed by atoms with Crippen LogP contribution in [-0.4, -0.2) is 51.8 Å². The molecule has 0 spiro atoms. The van der Waals surface area contributed by atoms with E-state index in [-0.39, 0.29) is 10.8 Å². The van der Waals surface area contributed by atoms with Crippen molar-refractivity contribution in [2.45, 2.75) is 71.4 Å². The highest BCUT2D eigenvalue weighted by Gasteiger charge is 2.65. The van der Waals surface area contributed by atoms with E-state index in [4.69, 9.17) is 21.1 Å². The summed E-state index contributed by atoms with van der Waals surface area (Å²) in [4.78, 5) is 36.8. The van der Waals surface area contributed by atoms with Gasteiger partial charge in [-0.2, -0.15) is 0 Å². The van der Waals surface area contributed by atoms with Gasteiger partial charge in [0.1, 0.15) is 11.7 Å². The van der Waals surface area contributed by atoms with Gasteiger partial charge in [0.2, 0.25) is 0 Å². The molecule has 8 unspecified atom stereocenters. The van der Waals surface area contributed by atoms with Gasteiger partial charge in [-0.3, -0.25) is 14.4 Å². The Bertz CT molecular complexity index is 833. The molecule has 8 heteroatoms. The summed E-state index contributed by atoms with van der Waals surface area (Å²) >= 11 is 6.53. The van der Waals surface area contributed by atoms with E-state index in [0.717, 1.165) is 0 Å². The number of esters is 2. The second-order valence-electron chi connectivity index (χ2n) is 9.05. The molecule has 7 nitrogen and oxygen atoms in total. The number of allylic oxidation sites excluding steroid dienone is 2. The zero-order chi connectivity index (χ0) is 22.6. The quantitative estimate of drug-likeness (QED) is 0.602. The van der Waals surface area contributed by atoms with E-state index < -0.39 is 59.0 Å². The van der Waals surface area contributed by atoms with Gasteiger partial charge in [-0.1, -0.05) is 37.1 Å². The van der Waals surface area contributed by atoms with E-state index in [2.05, 4.69) is 0 Å². The molecule has 1 saturated heterocycles. The van der Waals surface area contributed by atoms with E-state index in [1.165, 1.54) is 19.9 Å². The third-order valence-corrected chi connectivity index (χ3v) is 7.77. The van der Waals surface area contributed by atoms with Crippen LogP contribution in [0.25, 0.3) is 0 Å². The maximum Gasteiger partial charge on any atom is 0.312 e. The Balaban J connectivity index is 2.25. The zero-order valence-corrected chi connectivity index (χ0v) is 18.6. The summed E-state index contributed by atoms with van der Waals surface area (Å²) in [5.41, 5.74) is -2.34. The van der Waals surface area contributed by atoms with Crippen molar-refractivity contribution < 1.29 is 34.1 Å². The number of carbonyl (C=O) groups excluding carboxylic acids is 3. The zero-order valence-electron chi connectivity index (χ0n) is 17.8. The lowest BCUT2D eigenvalue weighted by Gasteiger charge is -2.51. The second-order valence-corrected chi connectivity index (χ2v) is 9.46. The number of aliphatic hydroxyl groups is 2. The first-order valence-electron chi connectivity index (χ1n) is 10.2. The number of ether oxygens (including phenoxy) is 2. The van der Waals surface area contributed by atoms with Gasteiger partial charge in [0.25, 0.3) is 0 Å². The monoisotopic (exact) mass is 440 g/mol. The highest BCUT2D eigenvalue weighted by Crippen LogP contribution is 2.53. The van der Waals surface area contributed by atoms with Gasteiger partial charge in [0.15, 0.2) is 11.9 Å². The molecule has 3 rings (SSSR count). The van der Waals surface area contributed by atoms with E-state index in [9.17, 15) is 24.6 Å². The Morgan fingerprint density at radius 3 is 2.57 bits per heavy atom. The second kappa shape index (κ2) is 7.77. The number of carbonyl (C=O) groups is 3. The molecule has 1 heterocycles. The molecule has 0 bridgehead atoms. The van der Waals surface area contributed by atoms with E-state index >= 15 is 0 Å². The summed E-state index contributed by atoms with van der Waals surface area (Å²) in [6.07, 6.45) is 0.446. The number of rotatable bonds is 1. The van der Waals surface area contributed by atoms with Gasteiger partial charge in [-0.05, 0) is 32.8 Å². The van der Waals surface area contributed by atoms with Crippen LogP contribution >= 0.6 is 11.6 Å². The molecule has 0 aromatic carbocycles. The molecule has 0 amide bonds. The van der Waals surface area contributed by atoms with Crippen LogP contribution in [-0.2, 0) is 23.9 Å². The predicted octanol–water partition coefficient (Wildman–Crippen LogP) is 2.28. The van der Waals surface area contributed by atoms with Crippen molar-refractivity contribution in [1.82, 2.24) is 0 Å². The Morgan fingerprint density at radius 2 is 1.97 bits per heavy atom. The number of ketones is 1. The first-order valence-corrected chi connectivity index (χ1v) is 10.6. The summed E-state index contributed by atoms with van der Waals surface area (Å²) in [6.45, 7) is 8.00. The smallest absolute Gasteiger partial charge is 0.312 e. The van der Waals surface area contributed by atoms with Gasteiger partial charge in [-0.15, -0.1) is 0 Å². The largest absolute Gasteiger partial charge is 0.462 e. The van der Waals surface area contributed by atoms with Crippen molar-refractivity contribution in [2.75, 3.05) is 0 Å². The molecular weight excluding hydrogens is 412 g/mol. The average molecular weight is 441 g/mol.